The molecule has 0 aromatic heterocycles. The van der Waals surface area contributed by atoms with E-state index in [1.807, 2.05) is 25.1 Å². The molecule has 0 amide bonds. The van der Waals surface area contributed by atoms with Gasteiger partial charge in [-0.25, -0.2) is 4.39 Å². The highest BCUT2D eigenvalue weighted by molar-refractivity contribution is 5.85. The molecule has 0 saturated heterocycles. The summed E-state index contributed by atoms with van der Waals surface area (Å²) in [5.41, 5.74) is 1.17. The fraction of sp³-hybridized carbons (Fsp3) is 0.586. The summed E-state index contributed by atoms with van der Waals surface area (Å²) >= 11 is 0. The van der Waals surface area contributed by atoms with Crippen molar-refractivity contribution >= 4 is 10.8 Å². The third-order valence-corrected chi connectivity index (χ3v) is 7.99. The Hall–Kier alpha value is -1.90. The van der Waals surface area contributed by atoms with Crippen LogP contribution in [0.4, 0.5) is 8.78 Å². The maximum Gasteiger partial charge on any atom is 0.201 e. The van der Waals surface area contributed by atoms with Gasteiger partial charge in [-0.3, -0.25) is 0 Å². The Morgan fingerprint density at radius 1 is 0.969 bits per heavy atom. The molecule has 4 atom stereocenters. The molecule has 4 rings (SSSR count). The number of benzene rings is 2. The number of halogens is 2. The number of hydrogen-bond donors (Lipinski definition) is 0. The lowest BCUT2D eigenvalue weighted by atomic mass is 9.63. The van der Waals surface area contributed by atoms with E-state index in [0.29, 0.717) is 16.7 Å². The average molecular weight is 441 g/mol. The SMILES string of the molecule is CC=CCOc1cc2ccc(C3CCC4CC(CCCCC)CCC4C3)cc2c(F)c1F. The first-order valence-electron chi connectivity index (χ1n) is 12.8. The molecule has 0 bridgehead atoms. The van der Waals surface area contributed by atoms with Crippen LogP contribution in [0.25, 0.3) is 10.8 Å². The summed E-state index contributed by atoms with van der Waals surface area (Å²) in [6, 6.07) is 7.58. The van der Waals surface area contributed by atoms with Gasteiger partial charge in [-0.2, -0.15) is 4.39 Å². The second-order valence-corrected chi connectivity index (χ2v) is 10.1. The Morgan fingerprint density at radius 2 is 1.78 bits per heavy atom. The van der Waals surface area contributed by atoms with E-state index in [4.69, 9.17) is 4.74 Å². The van der Waals surface area contributed by atoms with E-state index in [0.717, 1.165) is 17.8 Å². The molecule has 0 aliphatic heterocycles. The van der Waals surface area contributed by atoms with Crippen LogP contribution in [0.15, 0.2) is 36.4 Å². The molecule has 3 heteroatoms. The zero-order valence-electron chi connectivity index (χ0n) is 19.7. The molecule has 1 nitrogen and oxygen atoms in total. The van der Waals surface area contributed by atoms with Gasteiger partial charge in [0.2, 0.25) is 5.82 Å². The Balaban J connectivity index is 1.44. The number of rotatable bonds is 8. The fourth-order valence-corrected chi connectivity index (χ4v) is 6.15. The van der Waals surface area contributed by atoms with Crippen molar-refractivity contribution in [1.29, 1.82) is 0 Å². The first-order chi connectivity index (χ1) is 15.6. The average Bonchev–Trinajstić information content (AvgIpc) is 2.82. The number of ether oxygens (including phenoxy) is 1. The van der Waals surface area contributed by atoms with Crippen LogP contribution in [-0.4, -0.2) is 6.61 Å². The minimum atomic E-state index is -0.885. The Kier molecular flexibility index (Phi) is 7.86. The molecule has 32 heavy (non-hydrogen) atoms. The second-order valence-electron chi connectivity index (χ2n) is 10.1. The third-order valence-electron chi connectivity index (χ3n) is 7.99. The standard InChI is InChI=1S/C29H38F2O/c1-3-5-7-8-20-9-10-22-17-23(12-11-21(22)16-20)24-13-14-25-19-27(32-15-6-4-2)29(31)28(30)26(25)18-24/h4,6,13-14,18-23H,3,5,7-12,15-17H2,1-2H3. The zero-order valence-corrected chi connectivity index (χ0v) is 19.7. The summed E-state index contributed by atoms with van der Waals surface area (Å²) < 4.78 is 34.9. The molecule has 0 heterocycles. The lowest BCUT2D eigenvalue weighted by Crippen LogP contribution is -2.30. The molecular formula is C29H38F2O. The maximum atomic E-state index is 14.9. The van der Waals surface area contributed by atoms with E-state index in [1.54, 1.807) is 12.1 Å². The first-order valence-corrected chi connectivity index (χ1v) is 12.8. The van der Waals surface area contributed by atoms with E-state index < -0.39 is 11.6 Å². The Bertz CT molecular complexity index is 934. The largest absolute Gasteiger partial charge is 0.486 e. The number of allylic oxidation sites excluding steroid dienone is 1. The van der Waals surface area contributed by atoms with Gasteiger partial charge in [-0.1, -0.05) is 63.3 Å². The minimum Gasteiger partial charge on any atom is -0.486 e. The Morgan fingerprint density at radius 3 is 2.59 bits per heavy atom. The molecule has 2 aromatic rings. The molecule has 2 aliphatic rings. The van der Waals surface area contributed by atoms with Crippen molar-refractivity contribution in [3.8, 4) is 5.75 Å². The predicted molar refractivity (Wildman–Crippen MR) is 129 cm³/mol. The zero-order chi connectivity index (χ0) is 22.5. The van der Waals surface area contributed by atoms with Gasteiger partial charge in [0.15, 0.2) is 11.6 Å². The van der Waals surface area contributed by atoms with Crippen LogP contribution in [0.5, 0.6) is 5.75 Å². The van der Waals surface area contributed by atoms with Gasteiger partial charge in [-0.05, 0) is 85.8 Å². The van der Waals surface area contributed by atoms with Crippen LogP contribution >= 0.6 is 0 Å². The minimum absolute atomic E-state index is 0.0166. The van der Waals surface area contributed by atoms with E-state index in [2.05, 4.69) is 13.0 Å². The van der Waals surface area contributed by atoms with Crippen molar-refractivity contribution < 1.29 is 13.5 Å². The molecule has 0 spiro atoms. The normalized spacial score (nSPS) is 25.9. The summed E-state index contributed by atoms with van der Waals surface area (Å²) in [6.07, 6.45) is 16.9. The van der Waals surface area contributed by atoms with Gasteiger partial charge in [0.05, 0.1) is 0 Å². The number of hydrogen-bond acceptors (Lipinski definition) is 1. The first kappa shape index (κ1) is 23.3. The fourth-order valence-electron chi connectivity index (χ4n) is 6.15. The smallest absolute Gasteiger partial charge is 0.201 e. The summed E-state index contributed by atoms with van der Waals surface area (Å²) in [4.78, 5) is 0. The van der Waals surface area contributed by atoms with E-state index in [9.17, 15) is 8.78 Å². The quantitative estimate of drug-likeness (QED) is 0.294. The van der Waals surface area contributed by atoms with Gasteiger partial charge >= 0.3 is 0 Å². The second kappa shape index (κ2) is 10.8. The van der Waals surface area contributed by atoms with Gasteiger partial charge in [-0.15, -0.1) is 0 Å². The summed E-state index contributed by atoms with van der Waals surface area (Å²) in [6.45, 7) is 4.39. The van der Waals surface area contributed by atoms with Crippen molar-refractivity contribution in [2.45, 2.75) is 84.0 Å². The van der Waals surface area contributed by atoms with E-state index >= 15 is 0 Å². The highest BCUT2D eigenvalue weighted by Gasteiger charge is 2.35. The number of unbranched alkanes of at least 4 members (excludes halogenated alkanes) is 2. The van der Waals surface area contributed by atoms with E-state index in [1.165, 1.54) is 69.8 Å². The topological polar surface area (TPSA) is 9.23 Å². The maximum absolute atomic E-state index is 14.9. The van der Waals surface area contributed by atoms with Gasteiger partial charge in [0.1, 0.15) is 6.61 Å². The van der Waals surface area contributed by atoms with Crippen molar-refractivity contribution in [1.82, 2.24) is 0 Å². The van der Waals surface area contributed by atoms with Crippen LogP contribution in [-0.2, 0) is 0 Å². The molecule has 174 valence electrons. The molecule has 4 unspecified atom stereocenters. The van der Waals surface area contributed by atoms with Crippen molar-refractivity contribution in [2.24, 2.45) is 17.8 Å². The molecular weight excluding hydrogens is 402 g/mol. The molecule has 2 aliphatic carbocycles. The highest BCUT2D eigenvalue weighted by Crippen LogP contribution is 2.48. The van der Waals surface area contributed by atoms with Crippen molar-refractivity contribution in [2.75, 3.05) is 6.61 Å². The van der Waals surface area contributed by atoms with Crippen LogP contribution in [0.2, 0.25) is 0 Å². The lowest BCUT2D eigenvalue weighted by molar-refractivity contribution is 0.113. The van der Waals surface area contributed by atoms with Gasteiger partial charge in [0.25, 0.3) is 0 Å². The Labute approximate surface area is 192 Å². The van der Waals surface area contributed by atoms with Gasteiger partial charge < -0.3 is 4.74 Å². The highest BCUT2D eigenvalue weighted by atomic mass is 19.2. The molecule has 2 saturated carbocycles. The lowest BCUT2D eigenvalue weighted by Gasteiger charge is -2.42. The summed E-state index contributed by atoms with van der Waals surface area (Å²) in [5.74, 6) is 1.38. The van der Waals surface area contributed by atoms with Crippen LogP contribution < -0.4 is 4.74 Å². The van der Waals surface area contributed by atoms with Crippen molar-refractivity contribution in [3.63, 3.8) is 0 Å². The van der Waals surface area contributed by atoms with Crippen LogP contribution in [0.3, 0.4) is 0 Å². The monoisotopic (exact) mass is 440 g/mol. The van der Waals surface area contributed by atoms with Gasteiger partial charge in [0, 0.05) is 5.39 Å². The van der Waals surface area contributed by atoms with Crippen LogP contribution in [0.1, 0.15) is 89.5 Å². The van der Waals surface area contributed by atoms with Crippen molar-refractivity contribution in [3.05, 3.63) is 53.6 Å². The molecule has 0 N–H and O–H groups in total. The van der Waals surface area contributed by atoms with Crippen LogP contribution in [0, 0.1) is 29.4 Å². The summed E-state index contributed by atoms with van der Waals surface area (Å²) in [7, 11) is 0. The molecule has 0 radical (unpaired) electrons. The van der Waals surface area contributed by atoms with E-state index in [-0.39, 0.29) is 12.4 Å². The third kappa shape index (κ3) is 5.18. The number of fused-ring (bicyclic) bond motifs is 2. The molecule has 2 aromatic carbocycles. The molecule has 2 fully saturated rings. The summed E-state index contributed by atoms with van der Waals surface area (Å²) in [5, 5.41) is 1.07. The predicted octanol–water partition coefficient (Wildman–Crippen LogP) is 8.95.